The van der Waals surface area contributed by atoms with Crippen molar-refractivity contribution in [1.82, 2.24) is 14.8 Å². The van der Waals surface area contributed by atoms with Crippen molar-refractivity contribution in [1.29, 1.82) is 0 Å². The third kappa shape index (κ3) is 1.54. The molecule has 4 heteroatoms. The van der Waals surface area contributed by atoms with Gasteiger partial charge in [-0.3, -0.25) is 4.98 Å². The minimum Gasteiger partial charge on any atom is -0.398 e. The molecule has 0 amide bonds. The van der Waals surface area contributed by atoms with E-state index in [1.165, 1.54) is 0 Å². The topological polar surface area (TPSA) is 56.7 Å². The fourth-order valence-corrected chi connectivity index (χ4v) is 1.91. The minimum atomic E-state index is 0.737. The summed E-state index contributed by atoms with van der Waals surface area (Å²) in [5.41, 5.74) is 9.47. The van der Waals surface area contributed by atoms with Crippen molar-refractivity contribution in [3.8, 4) is 5.69 Å². The van der Waals surface area contributed by atoms with Crippen LogP contribution in [-0.2, 0) is 0 Å². The maximum Gasteiger partial charge on any atom is 0.0979 e. The van der Waals surface area contributed by atoms with Crippen LogP contribution in [-0.4, -0.2) is 14.8 Å². The number of fused-ring (bicyclic) bond motifs is 1. The monoisotopic (exact) mass is 224 g/mol. The van der Waals surface area contributed by atoms with Crippen LogP contribution >= 0.6 is 0 Å². The molecule has 4 nitrogen and oxygen atoms in total. The molecule has 84 valence electrons. The standard InChI is InChI=1S/C13H12N4/c1-9-6-8-17(16-9)12-5-4-11(14)10-3-2-7-15-13(10)12/h2-8H,14H2,1H3. The molecule has 0 spiro atoms. The zero-order chi connectivity index (χ0) is 11.8. The number of aromatic nitrogens is 3. The molecule has 0 atom stereocenters. The van der Waals surface area contributed by atoms with Crippen molar-refractivity contribution in [2.45, 2.75) is 6.92 Å². The molecule has 0 saturated carbocycles. The summed E-state index contributed by atoms with van der Waals surface area (Å²) in [5, 5.41) is 5.35. The van der Waals surface area contributed by atoms with Crippen molar-refractivity contribution in [3.05, 3.63) is 48.4 Å². The first-order valence-corrected chi connectivity index (χ1v) is 5.41. The van der Waals surface area contributed by atoms with Gasteiger partial charge in [0.15, 0.2) is 0 Å². The van der Waals surface area contributed by atoms with Gasteiger partial charge in [-0.05, 0) is 37.3 Å². The van der Waals surface area contributed by atoms with Gasteiger partial charge in [0.25, 0.3) is 0 Å². The summed E-state index contributed by atoms with van der Waals surface area (Å²) in [6.45, 7) is 1.96. The lowest BCUT2D eigenvalue weighted by molar-refractivity contribution is 0.867. The fraction of sp³-hybridized carbons (Fsp3) is 0.0769. The molecule has 3 rings (SSSR count). The van der Waals surface area contributed by atoms with E-state index >= 15 is 0 Å². The van der Waals surface area contributed by atoms with Crippen molar-refractivity contribution < 1.29 is 0 Å². The number of nitrogens with two attached hydrogens (primary N) is 1. The van der Waals surface area contributed by atoms with E-state index in [4.69, 9.17) is 5.73 Å². The number of pyridine rings is 1. The molecular formula is C13H12N4. The second-order valence-corrected chi connectivity index (χ2v) is 3.98. The van der Waals surface area contributed by atoms with Gasteiger partial charge in [-0.25, -0.2) is 4.68 Å². The molecule has 0 bridgehead atoms. The van der Waals surface area contributed by atoms with Crippen molar-refractivity contribution in [2.75, 3.05) is 5.73 Å². The Hall–Kier alpha value is -2.36. The highest BCUT2D eigenvalue weighted by molar-refractivity contribution is 5.95. The molecule has 1 aromatic carbocycles. The summed E-state index contributed by atoms with van der Waals surface area (Å²) in [7, 11) is 0. The number of aryl methyl sites for hydroxylation is 1. The first kappa shape index (κ1) is 9.84. The van der Waals surface area contributed by atoms with Crippen LogP contribution in [0.4, 0.5) is 5.69 Å². The van der Waals surface area contributed by atoms with Gasteiger partial charge in [0.05, 0.1) is 16.9 Å². The van der Waals surface area contributed by atoms with Crippen LogP contribution in [0.25, 0.3) is 16.6 Å². The van der Waals surface area contributed by atoms with Crippen LogP contribution in [0.5, 0.6) is 0 Å². The van der Waals surface area contributed by atoms with Crippen LogP contribution in [0.15, 0.2) is 42.7 Å². The average Bonchev–Trinajstić information content (AvgIpc) is 2.77. The predicted octanol–water partition coefficient (Wildman–Crippen LogP) is 2.31. The van der Waals surface area contributed by atoms with E-state index in [2.05, 4.69) is 10.1 Å². The molecule has 3 aromatic rings. The van der Waals surface area contributed by atoms with E-state index in [1.807, 2.05) is 48.1 Å². The van der Waals surface area contributed by atoms with Crippen LogP contribution in [0, 0.1) is 6.92 Å². The number of nitrogen functional groups attached to an aromatic ring is 1. The van der Waals surface area contributed by atoms with Crippen molar-refractivity contribution >= 4 is 16.6 Å². The third-order valence-electron chi connectivity index (χ3n) is 2.75. The van der Waals surface area contributed by atoms with E-state index < -0.39 is 0 Å². The predicted molar refractivity (Wildman–Crippen MR) is 68.0 cm³/mol. The molecule has 2 N–H and O–H groups in total. The highest BCUT2D eigenvalue weighted by atomic mass is 15.3. The molecule has 0 fully saturated rings. The molecule has 0 saturated heterocycles. The highest BCUT2D eigenvalue weighted by Gasteiger charge is 2.07. The number of rotatable bonds is 1. The Labute approximate surface area is 98.7 Å². The smallest absolute Gasteiger partial charge is 0.0979 e. The summed E-state index contributed by atoms with van der Waals surface area (Å²) < 4.78 is 1.82. The SMILES string of the molecule is Cc1ccn(-c2ccc(N)c3cccnc23)n1. The summed E-state index contributed by atoms with van der Waals surface area (Å²) >= 11 is 0. The van der Waals surface area contributed by atoms with Gasteiger partial charge in [0.2, 0.25) is 0 Å². The van der Waals surface area contributed by atoms with Gasteiger partial charge < -0.3 is 5.73 Å². The first-order chi connectivity index (χ1) is 8.25. The van der Waals surface area contributed by atoms with Gasteiger partial charge in [-0.1, -0.05) is 0 Å². The Morgan fingerprint density at radius 3 is 2.82 bits per heavy atom. The third-order valence-corrected chi connectivity index (χ3v) is 2.75. The molecule has 0 radical (unpaired) electrons. The largest absolute Gasteiger partial charge is 0.398 e. The number of hydrogen-bond donors (Lipinski definition) is 1. The Kier molecular flexibility index (Phi) is 2.08. The summed E-state index contributed by atoms with van der Waals surface area (Å²) in [6.07, 6.45) is 3.69. The van der Waals surface area contributed by atoms with Crippen molar-refractivity contribution in [2.24, 2.45) is 0 Å². The van der Waals surface area contributed by atoms with Crippen LogP contribution in [0.1, 0.15) is 5.69 Å². The summed E-state index contributed by atoms with van der Waals surface area (Å²) in [6, 6.07) is 9.65. The molecule has 0 aliphatic rings. The molecule has 0 unspecified atom stereocenters. The molecule has 0 aliphatic heterocycles. The Bertz CT molecular complexity index is 685. The van der Waals surface area contributed by atoms with E-state index in [1.54, 1.807) is 6.20 Å². The quantitative estimate of drug-likeness (QED) is 0.645. The van der Waals surface area contributed by atoms with Crippen LogP contribution in [0.3, 0.4) is 0 Å². The van der Waals surface area contributed by atoms with E-state index in [0.29, 0.717) is 0 Å². The zero-order valence-electron chi connectivity index (χ0n) is 9.46. The number of benzene rings is 1. The first-order valence-electron chi connectivity index (χ1n) is 5.41. The van der Waals surface area contributed by atoms with E-state index in [-0.39, 0.29) is 0 Å². The summed E-state index contributed by atoms with van der Waals surface area (Å²) in [4.78, 5) is 4.39. The van der Waals surface area contributed by atoms with E-state index in [0.717, 1.165) is 28.0 Å². The Balaban J connectivity index is 2.34. The second-order valence-electron chi connectivity index (χ2n) is 3.98. The number of anilines is 1. The van der Waals surface area contributed by atoms with Gasteiger partial charge >= 0.3 is 0 Å². The minimum absolute atomic E-state index is 0.737. The lowest BCUT2D eigenvalue weighted by atomic mass is 10.1. The van der Waals surface area contributed by atoms with E-state index in [9.17, 15) is 0 Å². The van der Waals surface area contributed by atoms with Gasteiger partial charge in [-0.2, -0.15) is 5.10 Å². The Morgan fingerprint density at radius 1 is 1.18 bits per heavy atom. The Morgan fingerprint density at radius 2 is 2.06 bits per heavy atom. The van der Waals surface area contributed by atoms with Crippen LogP contribution < -0.4 is 5.73 Å². The average molecular weight is 224 g/mol. The summed E-state index contributed by atoms with van der Waals surface area (Å²) in [5.74, 6) is 0. The maximum absolute atomic E-state index is 5.94. The number of nitrogens with zero attached hydrogens (tertiary/aromatic N) is 3. The maximum atomic E-state index is 5.94. The van der Waals surface area contributed by atoms with Crippen molar-refractivity contribution in [3.63, 3.8) is 0 Å². The zero-order valence-corrected chi connectivity index (χ0v) is 9.46. The molecule has 0 aliphatic carbocycles. The van der Waals surface area contributed by atoms with Gasteiger partial charge in [-0.15, -0.1) is 0 Å². The van der Waals surface area contributed by atoms with Crippen LogP contribution in [0.2, 0.25) is 0 Å². The lowest BCUT2D eigenvalue weighted by Gasteiger charge is -2.07. The molecular weight excluding hydrogens is 212 g/mol. The second kappa shape index (κ2) is 3.59. The molecule has 2 heterocycles. The number of hydrogen-bond acceptors (Lipinski definition) is 3. The lowest BCUT2D eigenvalue weighted by Crippen LogP contribution is -1.99. The molecule has 2 aromatic heterocycles. The normalized spacial score (nSPS) is 10.9. The molecule has 17 heavy (non-hydrogen) atoms. The highest BCUT2D eigenvalue weighted by Crippen LogP contribution is 2.24. The van der Waals surface area contributed by atoms with Gasteiger partial charge in [0.1, 0.15) is 0 Å². The van der Waals surface area contributed by atoms with Gasteiger partial charge in [0, 0.05) is 23.5 Å². The fourth-order valence-electron chi connectivity index (χ4n) is 1.91.